The van der Waals surface area contributed by atoms with E-state index in [1.807, 2.05) is 43.7 Å². The van der Waals surface area contributed by atoms with E-state index in [2.05, 4.69) is 5.10 Å². The number of hydrogen-bond acceptors (Lipinski definition) is 2. The number of hydrogen-bond donors (Lipinski definition) is 1. The van der Waals surface area contributed by atoms with Crippen molar-refractivity contribution < 1.29 is 9.90 Å². The summed E-state index contributed by atoms with van der Waals surface area (Å²) in [7, 11) is 1.88. The predicted octanol–water partition coefficient (Wildman–Crippen LogP) is 2.98. The third-order valence-electron chi connectivity index (χ3n) is 4.34. The highest BCUT2D eigenvalue weighted by Gasteiger charge is 2.42. The highest BCUT2D eigenvalue weighted by molar-refractivity contribution is 5.82. The minimum Gasteiger partial charge on any atom is -0.481 e. The number of carbonyl (C=O) groups is 1. The first-order chi connectivity index (χ1) is 9.62. The molecule has 1 aromatic heterocycles. The van der Waals surface area contributed by atoms with Crippen LogP contribution in [0.2, 0.25) is 0 Å². The van der Waals surface area contributed by atoms with Crippen LogP contribution in [0.5, 0.6) is 0 Å². The van der Waals surface area contributed by atoms with Crippen molar-refractivity contribution in [2.45, 2.75) is 31.1 Å². The van der Waals surface area contributed by atoms with Crippen LogP contribution < -0.4 is 0 Å². The summed E-state index contributed by atoms with van der Waals surface area (Å²) in [4.78, 5) is 11.7. The van der Waals surface area contributed by atoms with Crippen LogP contribution in [0.1, 0.15) is 31.2 Å². The zero-order valence-corrected chi connectivity index (χ0v) is 11.5. The fourth-order valence-corrected chi connectivity index (χ4v) is 3.16. The number of carboxylic acids is 1. The van der Waals surface area contributed by atoms with E-state index in [1.54, 1.807) is 4.68 Å². The molecule has 2 aromatic rings. The van der Waals surface area contributed by atoms with E-state index >= 15 is 0 Å². The molecule has 1 aliphatic carbocycles. The quantitative estimate of drug-likeness (QED) is 0.932. The molecule has 4 nitrogen and oxygen atoms in total. The highest BCUT2D eigenvalue weighted by Crippen LogP contribution is 2.41. The van der Waals surface area contributed by atoms with Crippen LogP contribution >= 0.6 is 0 Å². The Morgan fingerprint density at radius 3 is 2.35 bits per heavy atom. The van der Waals surface area contributed by atoms with Crippen molar-refractivity contribution in [3.63, 3.8) is 0 Å². The van der Waals surface area contributed by atoms with Gasteiger partial charge in [0.25, 0.3) is 0 Å². The Labute approximate surface area is 118 Å². The molecule has 104 valence electrons. The van der Waals surface area contributed by atoms with Crippen molar-refractivity contribution >= 4 is 5.97 Å². The first-order valence-electron chi connectivity index (χ1n) is 6.95. The Bertz CT molecular complexity index is 622. The molecule has 0 unspecified atom stereocenters. The van der Waals surface area contributed by atoms with Gasteiger partial charge in [0.1, 0.15) is 0 Å². The van der Waals surface area contributed by atoms with Gasteiger partial charge in [-0.3, -0.25) is 9.48 Å². The molecule has 20 heavy (non-hydrogen) atoms. The maximum atomic E-state index is 11.7. The molecule has 0 radical (unpaired) electrons. The van der Waals surface area contributed by atoms with Gasteiger partial charge in [-0.1, -0.05) is 37.1 Å². The lowest BCUT2D eigenvalue weighted by molar-refractivity contribution is -0.143. The molecule has 0 aliphatic heterocycles. The summed E-state index contributed by atoms with van der Waals surface area (Å²) in [5.41, 5.74) is 2.37. The molecule has 1 N–H and O–H groups in total. The van der Waals surface area contributed by atoms with Gasteiger partial charge in [0.15, 0.2) is 0 Å². The average molecular weight is 270 g/mol. The summed E-state index contributed by atoms with van der Waals surface area (Å²) in [6.07, 6.45) is 7.26. The average Bonchev–Trinajstić information content (AvgIpc) is 3.08. The molecule has 0 atom stereocenters. The molecule has 0 saturated heterocycles. The molecule has 1 aliphatic rings. The monoisotopic (exact) mass is 270 g/mol. The third kappa shape index (κ3) is 2.01. The molecule has 0 spiro atoms. The van der Waals surface area contributed by atoms with Crippen molar-refractivity contribution in [2.24, 2.45) is 7.05 Å². The van der Waals surface area contributed by atoms with Gasteiger partial charge in [0.05, 0.1) is 11.6 Å². The lowest BCUT2D eigenvalue weighted by Crippen LogP contribution is -2.32. The Kier molecular flexibility index (Phi) is 3.08. The molecule has 0 amide bonds. The summed E-state index contributed by atoms with van der Waals surface area (Å²) >= 11 is 0. The minimum absolute atomic E-state index is 0.673. The molecule has 0 bridgehead atoms. The van der Waals surface area contributed by atoms with Crippen LogP contribution in [0.4, 0.5) is 0 Å². The van der Waals surface area contributed by atoms with Gasteiger partial charge in [-0.05, 0) is 24.0 Å². The Morgan fingerprint density at radius 2 is 1.85 bits per heavy atom. The molecule has 1 fully saturated rings. The molecular formula is C16H18N2O2. The summed E-state index contributed by atoms with van der Waals surface area (Å²) < 4.78 is 1.76. The first-order valence-corrected chi connectivity index (χ1v) is 6.95. The summed E-state index contributed by atoms with van der Waals surface area (Å²) in [6, 6.07) is 7.91. The van der Waals surface area contributed by atoms with Gasteiger partial charge in [-0.15, -0.1) is 0 Å². The van der Waals surface area contributed by atoms with Crippen LogP contribution in [0.15, 0.2) is 36.7 Å². The van der Waals surface area contributed by atoms with Crippen LogP contribution in [-0.2, 0) is 17.3 Å². The fourth-order valence-electron chi connectivity index (χ4n) is 3.16. The van der Waals surface area contributed by atoms with E-state index in [0.717, 1.165) is 42.4 Å². The smallest absolute Gasteiger partial charge is 0.314 e. The number of carboxylic acid groups (broad SMARTS) is 1. The summed E-state index contributed by atoms with van der Waals surface area (Å²) in [5.74, 6) is -0.691. The Hall–Kier alpha value is -2.10. The predicted molar refractivity (Wildman–Crippen MR) is 76.4 cm³/mol. The van der Waals surface area contributed by atoms with Crippen molar-refractivity contribution in [1.82, 2.24) is 9.78 Å². The molecule has 1 aromatic carbocycles. The van der Waals surface area contributed by atoms with Crippen LogP contribution in [0, 0.1) is 0 Å². The molecular weight excluding hydrogens is 252 g/mol. The summed E-state index contributed by atoms with van der Waals surface area (Å²) in [6.45, 7) is 0. The van der Waals surface area contributed by atoms with Crippen molar-refractivity contribution in [2.75, 3.05) is 0 Å². The zero-order chi connectivity index (χ0) is 14.2. The second-order valence-corrected chi connectivity index (χ2v) is 5.57. The van der Waals surface area contributed by atoms with E-state index < -0.39 is 11.4 Å². The summed E-state index contributed by atoms with van der Waals surface area (Å²) in [5, 5.41) is 13.8. The maximum Gasteiger partial charge on any atom is 0.314 e. The second-order valence-electron chi connectivity index (χ2n) is 5.57. The number of aryl methyl sites for hydroxylation is 1. The van der Waals surface area contributed by atoms with Gasteiger partial charge in [0, 0.05) is 18.8 Å². The number of nitrogens with zero attached hydrogens (tertiary/aromatic N) is 2. The highest BCUT2D eigenvalue weighted by atomic mass is 16.4. The van der Waals surface area contributed by atoms with Crippen LogP contribution in [-0.4, -0.2) is 20.9 Å². The van der Waals surface area contributed by atoms with Crippen molar-refractivity contribution in [3.05, 3.63) is 42.2 Å². The van der Waals surface area contributed by atoms with Crippen molar-refractivity contribution in [3.8, 4) is 11.1 Å². The Morgan fingerprint density at radius 1 is 1.20 bits per heavy atom. The van der Waals surface area contributed by atoms with E-state index in [9.17, 15) is 9.90 Å². The maximum absolute atomic E-state index is 11.7. The van der Waals surface area contributed by atoms with E-state index in [1.165, 1.54) is 0 Å². The SMILES string of the molecule is Cn1cc(-c2ccc(C3(C(=O)O)CCCC3)cc2)cn1. The lowest BCUT2D eigenvalue weighted by Gasteiger charge is -2.24. The molecule has 4 heteroatoms. The van der Waals surface area contributed by atoms with E-state index in [4.69, 9.17) is 0 Å². The topological polar surface area (TPSA) is 55.1 Å². The van der Waals surface area contributed by atoms with Gasteiger partial charge in [0.2, 0.25) is 0 Å². The number of aromatic nitrogens is 2. The van der Waals surface area contributed by atoms with Gasteiger partial charge in [-0.2, -0.15) is 5.10 Å². The van der Waals surface area contributed by atoms with E-state index in [-0.39, 0.29) is 0 Å². The van der Waals surface area contributed by atoms with E-state index in [0.29, 0.717) is 0 Å². The lowest BCUT2D eigenvalue weighted by atomic mass is 9.78. The molecule has 1 saturated carbocycles. The van der Waals surface area contributed by atoms with Gasteiger partial charge < -0.3 is 5.11 Å². The first kappa shape index (κ1) is 12.9. The van der Waals surface area contributed by atoms with Gasteiger partial charge in [-0.25, -0.2) is 0 Å². The Balaban J connectivity index is 1.95. The zero-order valence-electron chi connectivity index (χ0n) is 11.5. The molecule has 3 rings (SSSR count). The number of aliphatic carboxylic acids is 1. The minimum atomic E-state index is -0.691. The fraction of sp³-hybridized carbons (Fsp3) is 0.375. The number of benzene rings is 1. The molecule has 1 heterocycles. The standard InChI is InChI=1S/C16H18N2O2/c1-18-11-13(10-17-18)12-4-6-14(7-5-12)16(15(19)20)8-2-3-9-16/h4-7,10-11H,2-3,8-9H2,1H3,(H,19,20). The van der Waals surface area contributed by atoms with Crippen molar-refractivity contribution in [1.29, 1.82) is 0 Å². The largest absolute Gasteiger partial charge is 0.481 e. The normalized spacial score (nSPS) is 17.2. The number of rotatable bonds is 3. The van der Waals surface area contributed by atoms with Crippen LogP contribution in [0.3, 0.4) is 0 Å². The second kappa shape index (κ2) is 4.78. The third-order valence-corrected chi connectivity index (χ3v) is 4.34. The van der Waals surface area contributed by atoms with Crippen LogP contribution in [0.25, 0.3) is 11.1 Å². The van der Waals surface area contributed by atoms with Gasteiger partial charge >= 0.3 is 5.97 Å².